The largest absolute Gasteiger partial charge is 0.460 e. The van der Waals surface area contributed by atoms with Gasteiger partial charge in [-0.2, -0.15) is 0 Å². The summed E-state index contributed by atoms with van der Waals surface area (Å²) < 4.78 is 31.1. The molecule has 0 fully saturated rings. The molecule has 4 unspecified atom stereocenters. The second kappa shape index (κ2) is 33.6. The number of carbonyl (C=O) groups excluding carboxylic acids is 7. The number of ether oxygens (including phenoxy) is 6. The molecule has 0 aromatic heterocycles. The van der Waals surface area contributed by atoms with Crippen molar-refractivity contribution >= 4 is 41.7 Å². The van der Waals surface area contributed by atoms with Crippen LogP contribution < -0.4 is 10.1 Å². The average Bonchev–Trinajstić information content (AvgIpc) is 3.25. The topological polar surface area (TPSA) is 344 Å². The fourth-order valence-electron chi connectivity index (χ4n) is 5.25. The Morgan fingerprint density at radius 3 is 1.69 bits per heavy atom. The highest BCUT2D eigenvalue weighted by Gasteiger charge is 2.32. The first-order valence-electron chi connectivity index (χ1n) is 21.8. The fraction of sp³-hybridized carbons (Fsp3) is 0.690. The zero-order chi connectivity index (χ0) is 52.6. The monoisotopic (exact) mass is 978 g/mol. The van der Waals surface area contributed by atoms with Crippen LogP contribution in [0.2, 0.25) is 0 Å². The molecule has 0 heterocycles. The number of unbranched alkanes of at least 4 members (excludes halogenated alkanes) is 3. The Balaban J connectivity index is 0. The van der Waals surface area contributed by atoms with Gasteiger partial charge in [-0.05, 0) is 105 Å². The number of hydrogen-bond acceptors (Lipinski definition) is 22. The van der Waals surface area contributed by atoms with E-state index >= 15 is 0 Å². The Kier molecular flexibility index (Phi) is 31.2. The van der Waals surface area contributed by atoms with Gasteiger partial charge in [-0.25, -0.2) is 24.0 Å². The van der Waals surface area contributed by atoms with Gasteiger partial charge in [-0.15, -0.1) is 30.3 Å². The van der Waals surface area contributed by atoms with Crippen molar-refractivity contribution in [3.63, 3.8) is 0 Å². The van der Waals surface area contributed by atoms with E-state index in [9.17, 15) is 63.9 Å². The van der Waals surface area contributed by atoms with Gasteiger partial charge in [0.15, 0.2) is 25.4 Å². The number of rotatable bonds is 31. The molecule has 1 N–H and O–H groups in total. The molecule has 68 heavy (non-hydrogen) atoms. The van der Waals surface area contributed by atoms with Crippen LogP contribution in [0.15, 0.2) is 24.3 Å². The zero-order valence-corrected chi connectivity index (χ0v) is 40.4. The summed E-state index contributed by atoms with van der Waals surface area (Å²) in [6.45, 7) is 16.0. The molecule has 1 amide bonds. The van der Waals surface area contributed by atoms with Gasteiger partial charge in [-0.3, -0.25) is 14.4 Å². The summed E-state index contributed by atoms with van der Waals surface area (Å²) in [5.74, 6) is -7.10. The number of amides is 1. The molecular formula is C42H66N4O22. The summed E-state index contributed by atoms with van der Waals surface area (Å²) in [5.41, 5.74) is -1.48. The molecule has 0 radical (unpaired) electrons. The lowest BCUT2D eigenvalue weighted by atomic mass is 9.99. The van der Waals surface area contributed by atoms with E-state index in [0.29, 0.717) is 50.5 Å². The maximum absolute atomic E-state index is 13.4. The van der Waals surface area contributed by atoms with E-state index in [1.54, 1.807) is 27.7 Å². The second-order valence-corrected chi connectivity index (χ2v) is 15.2. The van der Waals surface area contributed by atoms with E-state index in [-0.39, 0.29) is 25.2 Å². The van der Waals surface area contributed by atoms with Crippen LogP contribution >= 0.6 is 0 Å². The SMILES string of the molecule is CC.CC.CC(OC(=O)C(Cc1ccc(OC(=O)C(C)OC(=O)C(C)O[N+](=O)[O-])cc1)NC(=O)COC(=O)CO[N+](=O)[O-])C(=O)OC(C)(C)CCCCCC(=O)OC(C)(C)CCCCO[N+](=O)[O-]. The first-order valence-corrected chi connectivity index (χ1v) is 21.8. The lowest BCUT2D eigenvalue weighted by molar-refractivity contribution is -0.764. The maximum atomic E-state index is 13.4. The number of esters is 6. The van der Waals surface area contributed by atoms with Crippen molar-refractivity contribution in [2.75, 3.05) is 19.8 Å². The van der Waals surface area contributed by atoms with Crippen molar-refractivity contribution in [2.24, 2.45) is 0 Å². The number of carbonyl (C=O) groups is 7. The van der Waals surface area contributed by atoms with Gasteiger partial charge >= 0.3 is 35.8 Å². The molecule has 1 rings (SSSR count). The number of benzene rings is 1. The van der Waals surface area contributed by atoms with E-state index < -0.39 is 106 Å². The van der Waals surface area contributed by atoms with Crippen molar-refractivity contribution in [3.05, 3.63) is 60.2 Å². The Hall–Kier alpha value is -6.89. The lowest BCUT2D eigenvalue weighted by Crippen LogP contribution is -2.47. The molecule has 0 aliphatic carbocycles. The molecule has 1 aromatic carbocycles. The summed E-state index contributed by atoms with van der Waals surface area (Å²) in [7, 11) is 0. The van der Waals surface area contributed by atoms with Crippen molar-refractivity contribution in [2.45, 2.75) is 170 Å². The van der Waals surface area contributed by atoms with Crippen LogP contribution in [0.1, 0.15) is 133 Å². The summed E-state index contributed by atoms with van der Waals surface area (Å²) >= 11 is 0. The van der Waals surface area contributed by atoms with Crippen LogP contribution in [0.4, 0.5) is 0 Å². The Morgan fingerprint density at radius 1 is 0.603 bits per heavy atom. The molecule has 0 aliphatic rings. The van der Waals surface area contributed by atoms with Gasteiger partial charge in [0, 0.05) is 12.8 Å². The first-order chi connectivity index (χ1) is 31.8. The third-order valence-electron chi connectivity index (χ3n) is 8.48. The summed E-state index contributed by atoms with van der Waals surface area (Å²) in [6, 6.07) is 3.78. The highest BCUT2D eigenvalue weighted by Crippen LogP contribution is 2.23. The van der Waals surface area contributed by atoms with Crippen LogP contribution in [-0.2, 0) is 78.2 Å². The average molecular weight is 979 g/mol. The quantitative estimate of drug-likeness (QED) is 0.0259. The van der Waals surface area contributed by atoms with Crippen LogP contribution in [0, 0.1) is 30.3 Å². The molecule has 0 saturated heterocycles. The second-order valence-electron chi connectivity index (χ2n) is 15.2. The molecule has 4 atom stereocenters. The molecule has 0 aliphatic heterocycles. The van der Waals surface area contributed by atoms with Crippen molar-refractivity contribution in [1.29, 1.82) is 0 Å². The zero-order valence-electron chi connectivity index (χ0n) is 40.4. The molecule has 1 aromatic rings. The molecule has 0 spiro atoms. The van der Waals surface area contributed by atoms with Gasteiger partial charge in [0.25, 0.3) is 21.2 Å². The van der Waals surface area contributed by atoms with Crippen LogP contribution in [0.5, 0.6) is 5.75 Å². The Bertz CT molecular complexity index is 1790. The molecule has 26 nitrogen and oxygen atoms in total. The first kappa shape index (κ1) is 63.2. The number of nitrogens with one attached hydrogen (secondary N) is 1. The molecule has 0 bridgehead atoms. The van der Waals surface area contributed by atoms with Crippen LogP contribution in [0.25, 0.3) is 0 Å². The highest BCUT2D eigenvalue weighted by molar-refractivity contribution is 5.88. The third-order valence-corrected chi connectivity index (χ3v) is 8.48. The predicted molar refractivity (Wildman–Crippen MR) is 233 cm³/mol. The van der Waals surface area contributed by atoms with Gasteiger partial charge in [0.2, 0.25) is 6.10 Å². The Labute approximate surface area is 393 Å². The standard InChI is InChI=1S/C38H54N4O22.2C2H6/c1-24(59-34(47)26(3)64-42(54)55)33(46)61-28-16-14-27(15-17-28)21-29(39-30(43)22-56-32(45)23-58-41(52)53)36(49)60-25(2)35(48)63-38(6,7)18-10-8-9-13-31(44)62-37(4,5)19-11-12-20-57-40(50)51;2*1-2/h14-17,24-26,29H,8-13,18-23H2,1-7H3,(H,39,43);2*1-2H3. The molecule has 386 valence electrons. The normalized spacial score (nSPS) is 12.4. The Morgan fingerprint density at radius 2 is 1.13 bits per heavy atom. The van der Waals surface area contributed by atoms with Crippen LogP contribution in [-0.4, -0.2) is 112 Å². The molecule has 0 saturated carbocycles. The smallest absolute Gasteiger partial charge is 0.352 e. The van der Waals surface area contributed by atoms with E-state index in [1.165, 1.54) is 31.2 Å². The van der Waals surface area contributed by atoms with Crippen molar-refractivity contribution in [3.8, 4) is 5.75 Å². The number of nitrogens with zero attached hydrogens (tertiary/aromatic N) is 3. The molecular weight excluding hydrogens is 912 g/mol. The summed E-state index contributed by atoms with van der Waals surface area (Å²) in [4.78, 5) is 131. The van der Waals surface area contributed by atoms with Gasteiger partial charge in [0.1, 0.15) is 23.0 Å². The van der Waals surface area contributed by atoms with E-state index in [4.69, 9.17) is 23.7 Å². The lowest BCUT2D eigenvalue weighted by Gasteiger charge is -2.27. The van der Waals surface area contributed by atoms with Gasteiger partial charge in [-0.1, -0.05) is 46.2 Å². The number of hydrogen-bond donors (Lipinski definition) is 1. The fourth-order valence-corrected chi connectivity index (χ4v) is 5.25. The highest BCUT2D eigenvalue weighted by atomic mass is 17.0. The minimum atomic E-state index is -1.62. The third kappa shape index (κ3) is 30.3. The van der Waals surface area contributed by atoms with Crippen molar-refractivity contribution < 1.29 is 91.8 Å². The van der Waals surface area contributed by atoms with E-state index in [1.807, 2.05) is 27.7 Å². The van der Waals surface area contributed by atoms with Crippen molar-refractivity contribution in [1.82, 2.24) is 5.32 Å². The summed E-state index contributed by atoms with van der Waals surface area (Å²) in [6.07, 6.45) is -1.34. The minimum Gasteiger partial charge on any atom is -0.460 e. The van der Waals surface area contributed by atoms with E-state index in [0.717, 1.165) is 13.8 Å². The summed E-state index contributed by atoms with van der Waals surface area (Å²) in [5, 5.41) is 30.0. The van der Waals surface area contributed by atoms with Gasteiger partial charge < -0.3 is 43.4 Å². The van der Waals surface area contributed by atoms with Crippen LogP contribution in [0.3, 0.4) is 0 Å². The minimum absolute atomic E-state index is 0.0477. The predicted octanol–water partition coefficient (Wildman–Crippen LogP) is 4.86. The van der Waals surface area contributed by atoms with E-state index in [2.05, 4.69) is 24.6 Å². The van der Waals surface area contributed by atoms with Gasteiger partial charge in [0.05, 0.1) is 6.61 Å². The maximum Gasteiger partial charge on any atom is 0.352 e. The molecule has 26 heteroatoms.